The molecular weight excluding hydrogens is 454 g/mol. The number of hydrogen-bond acceptors (Lipinski definition) is 3. The van der Waals surface area contributed by atoms with Gasteiger partial charge in [-0.15, -0.1) is 0 Å². The number of Topliss-reactive ketones (excluding diaryl/α,β-unsaturated/α-hetero) is 1. The van der Waals surface area contributed by atoms with Crippen LogP contribution in [-0.4, -0.2) is 18.3 Å². The molecule has 0 aromatic heterocycles. The van der Waals surface area contributed by atoms with Gasteiger partial charge in [0, 0.05) is 26.2 Å². The maximum atomic E-state index is 12.3. The third-order valence-electron chi connectivity index (χ3n) is 4.49. The molecule has 6 heteroatoms. The molecule has 1 N–H and O–H groups in total. The van der Waals surface area contributed by atoms with Gasteiger partial charge in [0.25, 0.3) is 5.91 Å². The van der Waals surface area contributed by atoms with Crippen molar-refractivity contribution in [3.05, 3.63) is 92.9 Å². The number of benzene rings is 3. The van der Waals surface area contributed by atoms with Crippen LogP contribution in [0.25, 0.3) is 11.6 Å². The largest absolute Gasteiger partial charge is 0.485 e. The van der Waals surface area contributed by atoms with E-state index < -0.39 is 0 Å². The summed E-state index contributed by atoms with van der Waals surface area (Å²) in [6, 6.07) is 19.7. The van der Waals surface area contributed by atoms with Gasteiger partial charge in [-0.1, -0.05) is 57.9 Å². The van der Waals surface area contributed by atoms with Crippen LogP contribution in [0.3, 0.4) is 0 Å². The molecule has 4 rings (SSSR count). The highest BCUT2D eigenvalue weighted by Crippen LogP contribution is 2.35. The molecule has 0 bridgehead atoms. The lowest BCUT2D eigenvalue weighted by molar-refractivity contribution is -0.110. The molecule has 1 heterocycles. The molecule has 0 radical (unpaired) electrons. The molecule has 0 saturated carbocycles. The predicted molar refractivity (Wildman–Crippen MR) is 118 cm³/mol. The van der Waals surface area contributed by atoms with Crippen LogP contribution < -0.4 is 10.1 Å². The second-order valence-corrected chi connectivity index (χ2v) is 7.84. The van der Waals surface area contributed by atoms with E-state index in [4.69, 9.17) is 16.3 Å². The number of rotatable bonds is 5. The average molecular weight is 469 g/mol. The van der Waals surface area contributed by atoms with Crippen molar-refractivity contribution in [2.75, 3.05) is 11.9 Å². The highest BCUT2D eigenvalue weighted by molar-refractivity contribution is 9.10. The summed E-state index contributed by atoms with van der Waals surface area (Å²) in [5.74, 6) is 0.324. The molecular formula is C23H15BrClNO3. The zero-order valence-corrected chi connectivity index (χ0v) is 17.5. The SMILES string of the molecule is O=C1Nc2cc(Cl)ccc2/C1=C\c1ccc(OCC(=O)c2ccc(Br)cc2)cc1. The zero-order chi connectivity index (χ0) is 20.4. The summed E-state index contributed by atoms with van der Waals surface area (Å²) in [4.78, 5) is 24.5. The summed E-state index contributed by atoms with van der Waals surface area (Å²) in [6.45, 7) is -0.0430. The van der Waals surface area contributed by atoms with Gasteiger partial charge in [0.1, 0.15) is 5.75 Å². The zero-order valence-electron chi connectivity index (χ0n) is 15.1. The normalized spacial score (nSPS) is 13.9. The first kappa shape index (κ1) is 19.4. The molecule has 4 nitrogen and oxygen atoms in total. The Labute approximate surface area is 181 Å². The van der Waals surface area contributed by atoms with Crippen molar-refractivity contribution in [3.63, 3.8) is 0 Å². The van der Waals surface area contributed by atoms with E-state index in [-0.39, 0.29) is 18.3 Å². The standard InChI is InChI=1S/C23H15BrClNO3/c24-16-5-3-15(4-6-16)22(27)13-29-18-8-1-14(2-9-18)11-20-19-10-7-17(25)12-21(19)26-23(20)28/h1-12H,13H2,(H,26,28)/b20-11+. The fraction of sp³-hybridized carbons (Fsp3) is 0.0435. The quantitative estimate of drug-likeness (QED) is 0.377. The van der Waals surface area contributed by atoms with E-state index in [1.165, 1.54) is 0 Å². The number of carbonyl (C=O) groups is 2. The van der Waals surface area contributed by atoms with E-state index in [2.05, 4.69) is 21.2 Å². The second-order valence-electron chi connectivity index (χ2n) is 6.49. The van der Waals surface area contributed by atoms with E-state index >= 15 is 0 Å². The van der Waals surface area contributed by atoms with Crippen molar-refractivity contribution < 1.29 is 14.3 Å². The van der Waals surface area contributed by atoms with Gasteiger partial charge in [-0.3, -0.25) is 9.59 Å². The number of fused-ring (bicyclic) bond motifs is 1. The monoisotopic (exact) mass is 467 g/mol. The lowest BCUT2D eigenvalue weighted by Gasteiger charge is -2.06. The van der Waals surface area contributed by atoms with Crippen molar-refractivity contribution in [3.8, 4) is 5.75 Å². The fourth-order valence-corrected chi connectivity index (χ4v) is 3.44. The Kier molecular flexibility index (Phi) is 5.51. The summed E-state index contributed by atoms with van der Waals surface area (Å²) < 4.78 is 6.51. The summed E-state index contributed by atoms with van der Waals surface area (Å²) >= 11 is 9.33. The van der Waals surface area contributed by atoms with Crippen molar-refractivity contribution in [2.24, 2.45) is 0 Å². The highest BCUT2D eigenvalue weighted by Gasteiger charge is 2.24. The predicted octanol–water partition coefficient (Wildman–Crippen LogP) is 5.86. The van der Waals surface area contributed by atoms with Crippen molar-refractivity contribution in [1.29, 1.82) is 0 Å². The molecule has 0 spiro atoms. The summed E-state index contributed by atoms with van der Waals surface area (Å²) in [5, 5.41) is 3.39. The van der Waals surface area contributed by atoms with Crippen LogP contribution in [0.4, 0.5) is 5.69 Å². The smallest absolute Gasteiger partial charge is 0.256 e. The molecule has 1 aliphatic heterocycles. The molecule has 29 heavy (non-hydrogen) atoms. The third-order valence-corrected chi connectivity index (χ3v) is 5.26. The number of amides is 1. The van der Waals surface area contributed by atoms with E-state index in [9.17, 15) is 9.59 Å². The molecule has 0 saturated heterocycles. The van der Waals surface area contributed by atoms with Crippen molar-refractivity contribution in [1.82, 2.24) is 0 Å². The Balaban J connectivity index is 1.45. The molecule has 1 aliphatic rings. The molecule has 0 fully saturated rings. The van der Waals surface area contributed by atoms with Crippen LogP contribution >= 0.6 is 27.5 Å². The van der Waals surface area contributed by atoms with Crippen molar-refractivity contribution >= 4 is 56.6 Å². The average Bonchev–Trinajstić information content (AvgIpc) is 3.02. The topological polar surface area (TPSA) is 55.4 Å². The van der Waals surface area contributed by atoms with Gasteiger partial charge in [-0.2, -0.15) is 0 Å². The lowest BCUT2D eigenvalue weighted by Crippen LogP contribution is -2.11. The minimum Gasteiger partial charge on any atom is -0.485 e. The molecule has 3 aromatic carbocycles. The van der Waals surface area contributed by atoms with Crippen LogP contribution in [0.5, 0.6) is 5.75 Å². The number of halogens is 2. The van der Waals surface area contributed by atoms with Crippen LogP contribution in [0, 0.1) is 0 Å². The summed E-state index contributed by atoms with van der Waals surface area (Å²) in [5.41, 5.74) is 3.56. The van der Waals surface area contributed by atoms with E-state index in [1.54, 1.807) is 36.4 Å². The van der Waals surface area contributed by atoms with Gasteiger partial charge in [0.15, 0.2) is 12.4 Å². The Morgan fingerprint density at radius 1 is 1.03 bits per heavy atom. The van der Waals surface area contributed by atoms with E-state index in [1.807, 2.05) is 36.4 Å². The van der Waals surface area contributed by atoms with Crippen LogP contribution in [0.15, 0.2) is 71.2 Å². The molecule has 0 unspecified atom stereocenters. The molecule has 0 aliphatic carbocycles. The summed E-state index contributed by atoms with van der Waals surface area (Å²) in [7, 11) is 0. The maximum Gasteiger partial charge on any atom is 0.256 e. The summed E-state index contributed by atoms with van der Waals surface area (Å²) in [6.07, 6.45) is 1.81. The highest BCUT2D eigenvalue weighted by atomic mass is 79.9. The fourth-order valence-electron chi connectivity index (χ4n) is 3.00. The van der Waals surface area contributed by atoms with E-state index in [0.29, 0.717) is 27.6 Å². The van der Waals surface area contributed by atoms with Gasteiger partial charge < -0.3 is 10.1 Å². The first-order valence-corrected chi connectivity index (χ1v) is 10.0. The third kappa shape index (κ3) is 4.42. The van der Waals surface area contributed by atoms with Gasteiger partial charge in [0.2, 0.25) is 0 Å². The van der Waals surface area contributed by atoms with Crippen LogP contribution in [0.2, 0.25) is 5.02 Å². The molecule has 144 valence electrons. The van der Waals surface area contributed by atoms with Gasteiger partial charge in [-0.25, -0.2) is 0 Å². The van der Waals surface area contributed by atoms with Gasteiger partial charge >= 0.3 is 0 Å². The lowest BCUT2D eigenvalue weighted by atomic mass is 10.0. The first-order valence-electron chi connectivity index (χ1n) is 8.84. The number of carbonyl (C=O) groups excluding carboxylic acids is 2. The number of ketones is 1. The molecule has 1 amide bonds. The van der Waals surface area contributed by atoms with Crippen LogP contribution in [0.1, 0.15) is 21.5 Å². The Hall–Kier alpha value is -2.89. The minimum absolute atomic E-state index is 0.0430. The van der Waals surface area contributed by atoms with Gasteiger partial charge in [-0.05, 0) is 48.0 Å². The number of anilines is 1. The van der Waals surface area contributed by atoms with E-state index in [0.717, 1.165) is 15.6 Å². The maximum absolute atomic E-state index is 12.3. The Morgan fingerprint density at radius 2 is 1.76 bits per heavy atom. The Bertz CT molecular complexity index is 1120. The Morgan fingerprint density at radius 3 is 2.48 bits per heavy atom. The molecule has 3 aromatic rings. The first-order chi connectivity index (χ1) is 14.0. The number of hydrogen-bond donors (Lipinski definition) is 1. The number of nitrogens with one attached hydrogen (secondary N) is 1. The minimum atomic E-state index is -0.164. The number of ether oxygens (including phenoxy) is 1. The van der Waals surface area contributed by atoms with Crippen molar-refractivity contribution in [2.45, 2.75) is 0 Å². The van der Waals surface area contributed by atoms with Gasteiger partial charge in [0.05, 0.1) is 5.69 Å². The van der Waals surface area contributed by atoms with Crippen LogP contribution in [-0.2, 0) is 4.79 Å². The second kappa shape index (κ2) is 8.23. The molecule has 0 atom stereocenters.